The number of halogens is 1. The second-order valence-corrected chi connectivity index (χ2v) is 4.85. The average Bonchev–Trinajstić information content (AvgIpc) is 2.87. The highest BCUT2D eigenvalue weighted by Crippen LogP contribution is 2.49. The van der Waals surface area contributed by atoms with Gasteiger partial charge in [-0.05, 0) is 59.3 Å². The van der Waals surface area contributed by atoms with Crippen LogP contribution in [0.15, 0.2) is 10.5 Å². The molecule has 76 valence electrons. The first-order chi connectivity index (χ1) is 6.46. The van der Waals surface area contributed by atoms with E-state index in [0.717, 1.165) is 34.0 Å². The molecule has 0 amide bonds. The maximum atomic E-state index is 9.99. The van der Waals surface area contributed by atoms with Crippen LogP contribution >= 0.6 is 15.9 Å². The fraction of sp³-hybridized carbons (Fsp3) is 0.455. The molecule has 0 bridgehead atoms. The van der Waals surface area contributed by atoms with Crippen molar-refractivity contribution in [3.8, 4) is 5.75 Å². The standard InChI is InChI=1S/C11H13BrO2/c1-6-5-8(11(14)3-4-11)7(2)10(13)9(6)12/h5,13-14H,3-4H2,1-2H3. The molecule has 0 unspecified atom stereocenters. The van der Waals surface area contributed by atoms with Gasteiger partial charge in [-0.25, -0.2) is 0 Å². The van der Waals surface area contributed by atoms with Gasteiger partial charge in [-0.15, -0.1) is 0 Å². The zero-order chi connectivity index (χ0) is 10.5. The molecular formula is C11H13BrO2. The molecule has 1 aromatic carbocycles. The third-order valence-electron chi connectivity index (χ3n) is 2.90. The Morgan fingerprint density at radius 1 is 1.36 bits per heavy atom. The Balaban J connectivity index is 2.62. The molecule has 0 atom stereocenters. The molecule has 0 aliphatic heterocycles. The lowest BCUT2D eigenvalue weighted by molar-refractivity contribution is 0.150. The van der Waals surface area contributed by atoms with Crippen LogP contribution in [0.3, 0.4) is 0 Å². The summed E-state index contributed by atoms with van der Waals surface area (Å²) in [6.45, 7) is 3.75. The highest BCUT2D eigenvalue weighted by molar-refractivity contribution is 9.10. The van der Waals surface area contributed by atoms with Gasteiger partial charge in [0.2, 0.25) is 0 Å². The summed E-state index contributed by atoms with van der Waals surface area (Å²) < 4.78 is 0.725. The van der Waals surface area contributed by atoms with Crippen molar-refractivity contribution in [2.75, 3.05) is 0 Å². The molecule has 1 saturated carbocycles. The summed E-state index contributed by atoms with van der Waals surface area (Å²) in [6.07, 6.45) is 1.60. The average molecular weight is 257 g/mol. The predicted octanol–water partition coefficient (Wildman–Crippen LogP) is 2.75. The summed E-state index contributed by atoms with van der Waals surface area (Å²) in [4.78, 5) is 0. The third kappa shape index (κ3) is 1.35. The van der Waals surface area contributed by atoms with E-state index in [-0.39, 0.29) is 5.75 Å². The van der Waals surface area contributed by atoms with Crippen LogP contribution in [0.4, 0.5) is 0 Å². The van der Waals surface area contributed by atoms with Gasteiger partial charge in [0.1, 0.15) is 5.75 Å². The second-order valence-electron chi connectivity index (χ2n) is 4.06. The Kier molecular flexibility index (Phi) is 2.12. The van der Waals surface area contributed by atoms with Crippen LogP contribution in [0.5, 0.6) is 5.75 Å². The number of aromatic hydroxyl groups is 1. The van der Waals surface area contributed by atoms with Gasteiger partial charge in [0.25, 0.3) is 0 Å². The van der Waals surface area contributed by atoms with Crippen LogP contribution < -0.4 is 0 Å². The minimum absolute atomic E-state index is 0.250. The van der Waals surface area contributed by atoms with Gasteiger partial charge in [-0.3, -0.25) is 0 Å². The number of aryl methyl sites for hydroxylation is 1. The lowest BCUT2D eigenvalue weighted by atomic mass is 9.98. The number of phenols is 1. The molecule has 1 aromatic rings. The molecule has 1 fully saturated rings. The molecule has 0 aromatic heterocycles. The van der Waals surface area contributed by atoms with Crippen molar-refractivity contribution in [2.45, 2.75) is 32.3 Å². The van der Waals surface area contributed by atoms with Gasteiger partial charge in [-0.1, -0.05) is 6.07 Å². The first kappa shape index (κ1) is 9.99. The number of benzene rings is 1. The van der Waals surface area contributed by atoms with Crippen LogP contribution in [0.1, 0.15) is 29.5 Å². The maximum Gasteiger partial charge on any atom is 0.133 e. The molecule has 1 aliphatic carbocycles. The minimum Gasteiger partial charge on any atom is -0.506 e. The SMILES string of the molecule is Cc1cc(C2(O)CC2)c(C)c(O)c1Br. The largest absolute Gasteiger partial charge is 0.506 e. The van der Waals surface area contributed by atoms with Crippen LogP contribution in [0.25, 0.3) is 0 Å². The Hall–Kier alpha value is -0.540. The Morgan fingerprint density at radius 3 is 2.43 bits per heavy atom. The van der Waals surface area contributed by atoms with E-state index in [1.54, 1.807) is 0 Å². The summed E-state index contributed by atoms with van der Waals surface area (Å²) in [5.74, 6) is 0.250. The van der Waals surface area contributed by atoms with Crippen molar-refractivity contribution >= 4 is 15.9 Å². The summed E-state index contributed by atoms with van der Waals surface area (Å²) >= 11 is 3.32. The van der Waals surface area contributed by atoms with E-state index in [1.165, 1.54) is 0 Å². The zero-order valence-corrected chi connectivity index (χ0v) is 9.85. The molecule has 0 saturated heterocycles. The van der Waals surface area contributed by atoms with Crippen molar-refractivity contribution in [2.24, 2.45) is 0 Å². The van der Waals surface area contributed by atoms with Crippen molar-refractivity contribution < 1.29 is 10.2 Å². The smallest absolute Gasteiger partial charge is 0.133 e. The molecule has 2 N–H and O–H groups in total. The Labute approximate surface area is 91.7 Å². The first-order valence-corrected chi connectivity index (χ1v) is 5.46. The Bertz CT molecular complexity index is 395. The van der Waals surface area contributed by atoms with E-state index < -0.39 is 5.60 Å². The summed E-state index contributed by atoms with van der Waals surface area (Å²) in [6, 6.07) is 1.95. The molecule has 0 heterocycles. The van der Waals surface area contributed by atoms with Gasteiger partial charge < -0.3 is 10.2 Å². The highest BCUT2D eigenvalue weighted by Gasteiger charge is 2.43. The van der Waals surface area contributed by atoms with Crippen LogP contribution in [-0.2, 0) is 5.60 Å². The van der Waals surface area contributed by atoms with Crippen LogP contribution in [0, 0.1) is 13.8 Å². The predicted molar refractivity (Wildman–Crippen MR) is 58.4 cm³/mol. The maximum absolute atomic E-state index is 9.99. The molecule has 1 aliphatic rings. The van der Waals surface area contributed by atoms with E-state index in [2.05, 4.69) is 15.9 Å². The number of aliphatic hydroxyl groups is 1. The van der Waals surface area contributed by atoms with Gasteiger partial charge in [0, 0.05) is 0 Å². The zero-order valence-electron chi connectivity index (χ0n) is 8.26. The Morgan fingerprint density at radius 2 is 1.93 bits per heavy atom. The third-order valence-corrected chi connectivity index (χ3v) is 3.90. The van der Waals surface area contributed by atoms with E-state index >= 15 is 0 Å². The molecule has 2 nitrogen and oxygen atoms in total. The number of phenolic OH excluding ortho intramolecular Hbond substituents is 1. The topological polar surface area (TPSA) is 40.5 Å². The molecular weight excluding hydrogens is 244 g/mol. The second kappa shape index (κ2) is 2.97. The van der Waals surface area contributed by atoms with Crippen LogP contribution in [-0.4, -0.2) is 10.2 Å². The monoisotopic (exact) mass is 256 g/mol. The molecule has 0 radical (unpaired) electrons. The molecule has 14 heavy (non-hydrogen) atoms. The van der Waals surface area contributed by atoms with Crippen molar-refractivity contribution in [3.63, 3.8) is 0 Å². The quantitative estimate of drug-likeness (QED) is 0.812. The van der Waals surface area contributed by atoms with Gasteiger partial charge in [0.05, 0.1) is 10.1 Å². The molecule has 0 spiro atoms. The van der Waals surface area contributed by atoms with Gasteiger partial charge >= 0.3 is 0 Å². The molecule has 2 rings (SSSR count). The molecule has 3 heteroatoms. The minimum atomic E-state index is -0.674. The fourth-order valence-electron chi connectivity index (χ4n) is 1.74. The number of hydrogen-bond acceptors (Lipinski definition) is 2. The van der Waals surface area contributed by atoms with Crippen molar-refractivity contribution in [1.29, 1.82) is 0 Å². The summed E-state index contributed by atoms with van der Waals surface area (Å²) in [5.41, 5.74) is 1.94. The lowest BCUT2D eigenvalue weighted by Crippen LogP contribution is -2.07. The number of rotatable bonds is 1. The first-order valence-electron chi connectivity index (χ1n) is 4.67. The number of hydrogen-bond donors (Lipinski definition) is 2. The van der Waals surface area contributed by atoms with E-state index in [1.807, 2.05) is 19.9 Å². The van der Waals surface area contributed by atoms with Crippen LogP contribution in [0.2, 0.25) is 0 Å². The fourth-order valence-corrected chi connectivity index (χ4v) is 2.15. The van der Waals surface area contributed by atoms with E-state index in [4.69, 9.17) is 0 Å². The van der Waals surface area contributed by atoms with Gasteiger partial charge in [-0.2, -0.15) is 0 Å². The lowest BCUT2D eigenvalue weighted by Gasteiger charge is -2.15. The summed E-state index contributed by atoms with van der Waals surface area (Å²) in [7, 11) is 0. The highest BCUT2D eigenvalue weighted by atomic mass is 79.9. The van der Waals surface area contributed by atoms with Crippen molar-refractivity contribution in [1.82, 2.24) is 0 Å². The van der Waals surface area contributed by atoms with E-state index in [9.17, 15) is 10.2 Å². The summed E-state index contributed by atoms with van der Waals surface area (Å²) in [5, 5.41) is 19.8. The van der Waals surface area contributed by atoms with Crippen molar-refractivity contribution in [3.05, 3.63) is 27.2 Å². The van der Waals surface area contributed by atoms with E-state index in [0.29, 0.717) is 0 Å². The van der Waals surface area contributed by atoms with Gasteiger partial charge in [0.15, 0.2) is 0 Å². The normalized spacial score (nSPS) is 18.3.